The van der Waals surface area contributed by atoms with Crippen LogP contribution in [-0.4, -0.2) is 87.1 Å². The predicted molar refractivity (Wildman–Crippen MR) is 166 cm³/mol. The third-order valence-corrected chi connectivity index (χ3v) is 7.98. The van der Waals surface area contributed by atoms with Gasteiger partial charge in [0.25, 0.3) is 0 Å². The summed E-state index contributed by atoms with van der Waals surface area (Å²) in [4.78, 5) is 36.6. The van der Waals surface area contributed by atoms with Crippen molar-refractivity contribution in [3.63, 3.8) is 0 Å². The molecule has 3 heterocycles. The number of nitrogens with two attached hydrogens (primary N) is 1. The standard InChI is InChI=1S/C31H46N8O3/c1-4-5-6-10-33-29-28-26(35-31(32)36-29)9-12-39(28)21-25-8-7-24(18-22(25)2)20-38-16-14-37(15-17-38)13-11-34-30(42)23(3)19-27(40)41/h7-9,12,18,23H,4-6,10-11,13-17,19-21H2,1-3H3,(H,34,42)(H,40,41)(H3,32,33,35,36). The number of hydrogen-bond acceptors (Lipinski definition) is 8. The molecule has 0 saturated carbocycles. The lowest BCUT2D eigenvalue weighted by molar-refractivity contribution is -0.140. The zero-order valence-electron chi connectivity index (χ0n) is 25.2. The van der Waals surface area contributed by atoms with E-state index in [0.717, 1.165) is 75.6 Å². The summed E-state index contributed by atoms with van der Waals surface area (Å²) in [5.74, 6) is -0.581. The molecule has 0 bridgehead atoms. The quantitative estimate of drug-likeness (QED) is 0.200. The number of carbonyl (C=O) groups excluding carboxylic acids is 1. The Labute approximate surface area is 248 Å². The number of anilines is 2. The number of carboxylic acid groups (broad SMARTS) is 1. The van der Waals surface area contributed by atoms with Crippen LogP contribution in [0.4, 0.5) is 11.8 Å². The first-order valence-electron chi connectivity index (χ1n) is 15.1. The van der Waals surface area contributed by atoms with Crippen molar-refractivity contribution in [1.29, 1.82) is 0 Å². The number of nitrogens with one attached hydrogen (secondary N) is 2. The number of aromatic nitrogens is 3. The number of hydrogen-bond donors (Lipinski definition) is 4. The Kier molecular flexibility index (Phi) is 11.1. The molecule has 0 radical (unpaired) electrons. The topological polar surface area (TPSA) is 142 Å². The molecule has 42 heavy (non-hydrogen) atoms. The normalized spacial score (nSPS) is 15.1. The minimum absolute atomic E-state index is 0.143. The highest BCUT2D eigenvalue weighted by molar-refractivity contribution is 5.87. The smallest absolute Gasteiger partial charge is 0.304 e. The molecule has 1 unspecified atom stereocenters. The summed E-state index contributed by atoms with van der Waals surface area (Å²) in [6.07, 6.45) is 5.35. The van der Waals surface area contributed by atoms with Gasteiger partial charge >= 0.3 is 5.97 Å². The van der Waals surface area contributed by atoms with E-state index in [0.29, 0.717) is 6.54 Å². The molecule has 0 aliphatic carbocycles. The molecule has 1 amide bonds. The number of nitrogen functional groups attached to an aromatic ring is 1. The number of unbranched alkanes of at least 4 members (excludes halogenated alkanes) is 2. The van der Waals surface area contributed by atoms with Gasteiger partial charge in [-0.15, -0.1) is 0 Å². The third kappa shape index (κ3) is 8.65. The molecule has 1 fully saturated rings. The van der Waals surface area contributed by atoms with E-state index < -0.39 is 11.9 Å². The van der Waals surface area contributed by atoms with E-state index in [1.807, 2.05) is 6.07 Å². The summed E-state index contributed by atoms with van der Waals surface area (Å²) in [7, 11) is 0. The second-order valence-corrected chi connectivity index (χ2v) is 11.4. The van der Waals surface area contributed by atoms with Gasteiger partial charge < -0.3 is 26.0 Å². The fourth-order valence-electron chi connectivity index (χ4n) is 5.47. The number of nitrogens with zero attached hydrogens (tertiary/aromatic N) is 5. The highest BCUT2D eigenvalue weighted by Gasteiger charge is 2.19. The van der Waals surface area contributed by atoms with E-state index >= 15 is 0 Å². The van der Waals surface area contributed by atoms with Crippen LogP contribution in [0.15, 0.2) is 30.5 Å². The molecule has 1 aliphatic heterocycles. The van der Waals surface area contributed by atoms with Crippen molar-refractivity contribution in [2.24, 2.45) is 5.92 Å². The van der Waals surface area contributed by atoms with E-state index in [9.17, 15) is 9.59 Å². The van der Waals surface area contributed by atoms with Crippen LogP contribution in [0.2, 0.25) is 0 Å². The second-order valence-electron chi connectivity index (χ2n) is 11.4. The fraction of sp³-hybridized carbons (Fsp3) is 0.548. The number of aryl methyl sites for hydroxylation is 1. The van der Waals surface area contributed by atoms with Crippen LogP contribution >= 0.6 is 0 Å². The van der Waals surface area contributed by atoms with Crippen LogP contribution in [0.25, 0.3) is 11.0 Å². The van der Waals surface area contributed by atoms with Gasteiger partial charge in [-0.1, -0.05) is 44.9 Å². The van der Waals surface area contributed by atoms with Crippen LogP contribution in [0.3, 0.4) is 0 Å². The molecule has 4 rings (SSSR count). The first-order chi connectivity index (χ1) is 20.2. The van der Waals surface area contributed by atoms with Crippen molar-refractivity contribution in [1.82, 2.24) is 29.7 Å². The minimum Gasteiger partial charge on any atom is -0.481 e. The van der Waals surface area contributed by atoms with Crippen LogP contribution in [-0.2, 0) is 22.7 Å². The molecule has 1 aromatic carbocycles. The maximum Gasteiger partial charge on any atom is 0.304 e. The van der Waals surface area contributed by atoms with E-state index in [-0.39, 0.29) is 18.3 Å². The van der Waals surface area contributed by atoms with E-state index in [1.165, 1.54) is 29.5 Å². The monoisotopic (exact) mass is 578 g/mol. The number of amides is 1. The highest BCUT2D eigenvalue weighted by Crippen LogP contribution is 2.25. The molecule has 3 aromatic rings. The summed E-state index contributed by atoms with van der Waals surface area (Å²) in [5, 5.41) is 15.2. The number of piperazine rings is 1. The fourth-order valence-corrected chi connectivity index (χ4v) is 5.47. The average Bonchev–Trinajstić information content (AvgIpc) is 3.35. The number of fused-ring (bicyclic) bond motifs is 1. The molecule has 0 spiro atoms. The average molecular weight is 579 g/mol. The van der Waals surface area contributed by atoms with Crippen LogP contribution in [0.5, 0.6) is 0 Å². The molecule has 1 atom stereocenters. The van der Waals surface area contributed by atoms with Crippen molar-refractivity contribution in [2.45, 2.75) is 59.5 Å². The Morgan fingerprint density at radius 3 is 2.52 bits per heavy atom. The maximum absolute atomic E-state index is 12.0. The number of carboxylic acids is 1. The number of benzene rings is 1. The Morgan fingerprint density at radius 2 is 1.81 bits per heavy atom. The van der Waals surface area contributed by atoms with E-state index in [1.54, 1.807) is 6.92 Å². The Morgan fingerprint density at radius 1 is 1.05 bits per heavy atom. The third-order valence-electron chi connectivity index (χ3n) is 7.98. The summed E-state index contributed by atoms with van der Waals surface area (Å²) in [6, 6.07) is 8.75. The minimum atomic E-state index is -0.950. The van der Waals surface area contributed by atoms with Gasteiger partial charge in [0, 0.05) is 71.0 Å². The summed E-state index contributed by atoms with van der Waals surface area (Å²) >= 11 is 0. The lowest BCUT2D eigenvalue weighted by atomic mass is 10.0. The van der Waals surface area contributed by atoms with Gasteiger partial charge in [0.1, 0.15) is 5.52 Å². The largest absolute Gasteiger partial charge is 0.481 e. The van der Waals surface area contributed by atoms with Gasteiger partial charge in [-0.25, -0.2) is 4.98 Å². The van der Waals surface area contributed by atoms with Gasteiger partial charge in [0.15, 0.2) is 5.82 Å². The number of aliphatic carboxylic acids is 1. The summed E-state index contributed by atoms with van der Waals surface area (Å²) in [6.45, 7) is 13.7. The molecule has 1 saturated heterocycles. The lowest BCUT2D eigenvalue weighted by Crippen LogP contribution is -2.48. The van der Waals surface area contributed by atoms with Gasteiger partial charge in [-0.05, 0) is 36.1 Å². The molecule has 228 valence electrons. The van der Waals surface area contributed by atoms with Gasteiger partial charge in [0.2, 0.25) is 11.9 Å². The lowest BCUT2D eigenvalue weighted by Gasteiger charge is -2.34. The SMILES string of the molecule is CCCCCNc1nc(N)nc2ccn(Cc3ccc(CN4CCN(CCNC(=O)C(C)CC(=O)O)CC4)cc3C)c12. The molecule has 5 N–H and O–H groups in total. The second kappa shape index (κ2) is 15.0. The Balaban J connectivity index is 1.28. The maximum atomic E-state index is 12.0. The molecular formula is C31H46N8O3. The molecular weight excluding hydrogens is 532 g/mol. The molecule has 1 aliphatic rings. The van der Waals surface area contributed by atoms with Crippen LogP contribution in [0.1, 0.15) is 56.2 Å². The van der Waals surface area contributed by atoms with Crippen molar-refractivity contribution in [3.05, 3.63) is 47.2 Å². The van der Waals surface area contributed by atoms with Crippen molar-refractivity contribution in [3.8, 4) is 0 Å². The number of carbonyl (C=O) groups is 2. The van der Waals surface area contributed by atoms with Gasteiger partial charge in [-0.3, -0.25) is 19.4 Å². The first-order valence-corrected chi connectivity index (χ1v) is 15.1. The first kappa shape index (κ1) is 31.2. The zero-order chi connectivity index (χ0) is 30.1. The van der Waals surface area contributed by atoms with Crippen molar-refractivity contribution >= 4 is 34.7 Å². The van der Waals surface area contributed by atoms with Crippen molar-refractivity contribution in [2.75, 3.05) is 56.9 Å². The highest BCUT2D eigenvalue weighted by atomic mass is 16.4. The molecule has 2 aromatic heterocycles. The molecule has 11 heteroatoms. The van der Waals surface area contributed by atoms with Gasteiger partial charge in [-0.2, -0.15) is 4.98 Å². The Hall–Kier alpha value is -3.70. The van der Waals surface area contributed by atoms with E-state index in [2.05, 4.69) is 73.2 Å². The predicted octanol–water partition coefficient (Wildman–Crippen LogP) is 3.32. The summed E-state index contributed by atoms with van der Waals surface area (Å²) < 4.78 is 2.20. The summed E-state index contributed by atoms with van der Waals surface area (Å²) in [5.41, 5.74) is 11.6. The van der Waals surface area contributed by atoms with Crippen LogP contribution in [0, 0.1) is 12.8 Å². The van der Waals surface area contributed by atoms with Crippen LogP contribution < -0.4 is 16.4 Å². The van der Waals surface area contributed by atoms with Gasteiger partial charge in [0.05, 0.1) is 11.9 Å². The Bertz CT molecular complexity index is 1350. The molecule has 11 nitrogen and oxygen atoms in total. The van der Waals surface area contributed by atoms with Crippen molar-refractivity contribution < 1.29 is 14.7 Å². The van der Waals surface area contributed by atoms with E-state index in [4.69, 9.17) is 10.8 Å². The zero-order valence-corrected chi connectivity index (χ0v) is 25.2. The number of rotatable bonds is 15.